The highest BCUT2D eigenvalue weighted by Crippen LogP contribution is 2.36. The number of hydrogen-bond acceptors (Lipinski definition) is 7. The summed E-state index contributed by atoms with van der Waals surface area (Å²) in [6.07, 6.45) is 1.57. The lowest BCUT2D eigenvalue weighted by Crippen LogP contribution is -2.27. The number of aryl methyl sites for hydroxylation is 2. The molecule has 0 spiro atoms. The Morgan fingerprint density at radius 3 is 2.50 bits per heavy atom. The molecule has 150 valence electrons. The summed E-state index contributed by atoms with van der Waals surface area (Å²) in [5.74, 6) is 0.987. The number of amides is 1. The summed E-state index contributed by atoms with van der Waals surface area (Å²) in [4.78, 5) is 21.7. The molecule has 0 unspecified atom stereocenters. The maximum atomic E-state index is 11.8. The molecule has 9 heteroatoms. The molecule has 0 fully saturated rings. The van der Waals surface area contributed by atoms with Crippen LogP contribution in [0.2, 0.25) is 5.02 Å². The number of anilines is 1. The predicted octanol–water partition coefficient (Wildman–Crippen LogP) is 3.06. The average Bonchev–Trinajstić information content (AvgIpc) is 2.60. The fourth-order valence-electron chi connectivity index (χ4n) is 2.27. The van der Waals surface area contributed by atoms with E-state index < -0.39 is 0 Å². The molecule has 0 aliphatic rings. The lowest BCUT2D eigenvalue weighted by Gasteiger charge is -2.16. The van der Waals surface area contributed by atoms with Crippen LogP contribution in [0.3, 0.4) is 0 Å². The second kappa shape index (κ2) is 9.89. The van der Waals surface area contributed by atoms with Gasteiger partial charge < -0.3 is 14.4 Å². The Balaban J connectivity index is 2.17. The Labute approximate surface area is 169 Å². The number of hydrogen-bond donors (Lipinski definition) is 1. The smallest absolute Gasteiger partial charge is 0.259 e. The second-order valence-corrected chi connectivity index (χ2v) is 6.59. The molecular formula is C19H24ClN5O3. The molecule has 0 saturated carbocycles. The van der Waals surface area contributed by atoms with Gasteiger partial charge in [0.1, 0.15) is 0 Å². The molecule has 1 heterocycles. The Kier molecular flexibility index (Phi) is 7.57. The first-order valence-corrected chi connectivity index (χ1v) is 9.08. The van der Waals surface area contributed by atoms with Gasteiger partial charge in [0.2, 0.25) is 5.95 Å². The lowest BCUT2D eigenvalue weighted by atomic mass is 10.2. The quantitative estimate of drug-likeness (QED) is 0.536. The molecule has 28 heavy (non-hydrogen) atoms. The molecule has 2 aromatic rings. The topological polar surface area (TPSA) is 88.9 Å². The van der Waals surface area contributed by atoms with Gasteiger partial charge in [-0.15, -0.1) is 0 Å². The monoisotopic (exact) mass is 405 g/mol. The molecule has 0 bridgehead atoms. The van der Waals surface area contributed by atoms with Crippen molar-refractivity contribution in [3.8, 4) is 11.5 Å². The van der Waals surface area contributed by atoms with E-state index in [9.17, 15) is 4.79 Å². The van der Waals surface area contributed by atoms with E-state index in [-0.39, 0.29) is 12.5 Å². The van der Waals surface area contributed by atoms with Gasteiger partial charge in [0.15, 0.2) is 18.1 Å². The van der Waals surface area contributed by atoms with Crippen LogP contribution in [-0.4, -0.2) is 54.3 Å². The zero-order valence-electron chi connectivity index (χ0n) is 16.6. The zero-order chi connectivity index (χ0) is 20.7. The Hall–Kier alpha value is -2.87. The summed E-state index contributed by atoms with van der Waals surface area (Å²) in [6.45, 7) is 5.91. The molecule has 1 aromatic carbocycles. The maximum Gasteiger partial charge on any atom is 0.259 e. The maximum absolute atomic E-state index is 11.8. The van der Waals surface area contributed by atoms with Crippen molar-refractivity contribution in [2.75, 3.05) is 32.7 Å². The van der Waals surface area contributed by atoms with E-state index in [4.69, 9.17) is 21.1 Å². The van der Waals surface area contributed by atoms with E-state index in [1.54, 1.807) is 32.4 Å². The first kappa shape index (κ1) is 21.4. The minimum absolute atomic E-state index is 0.133. The number of aromatic nitrogens is 2. The van der Waals surface area contributed by atoms with Crippen molar-refractivity contribution in [1.29, 1.82) is 0 Å². The largest absolute Gasteiger partial charge is 0.490 e. The van der Waals surface area contributed by atoms with Gasteiger partial charge in [0.25, 0.3) is 5.91 Å². The normalized spacial score (nSPS) is 10.8. The molecule has 0 aliphatic heterocycles. The van der Waals surface area contributed by atoms with E-state index in [2.05, 4.69) is 20.5 Å². The summed E-state index contributed by atoms with van der Waals surface area (Å²) < 4.78 is 11.2. The van der Waals surface area contributed by atoms with E-state index >= 15 is 0 Å². The van der Waals surface area contributed by atoms with Gasteiger partial charge in [0, 0.05) is 25.5 Å². The van der Waals surface area contributed by atoms with Crippen molar-refractivity contribution < 1.29 is 14.3 Å². The van der Waals surface area contributed by atoms with E-state index in [0.29, 0.717) is 34.6 Å². The summed E-state index contributed by atoms with van der Waals surface area (Å²) in [5, 5.41) is 4.47. The number of benzene rings is 1. The highest BCUT2D eigenvalue weighted by Gasteiger charge is 2.14. The highest BCUT2D eigenvalue weighted by molar-refractivity contribution is 6.32. The van der Waals surface area contributed by atoms with Gasteiger partial charge in [-0.25, -0.2) is 15.4 Å². The minimum atomic E-state index is -0.179. The van der Waals surface area contributed by atoms with Gasteiger partial charge in [-0.1, -0.05) is 11.6 Å². The molecule has 8 nitrogen and oxygen atoms in total. The van der Waals surface area contributed by atoms with E-state index in [1.165, 1.54) is 4.90 Å². The minimum Gasteiger partial charge on any atom is -0.490 e. The number of hydrazone groups is 1. The van der Waals surface area contributed by atoms with Crippen LogP contribution >= 0.6 is 11.6 Å². The van der Waals surface area contributed by atoms with Crippen molar-refractivity contribution in [2.24, 2.45) is 5.10 Å². The second-order valence-electron chi connectivity index (χ2n) is 6.18. The van der Waals surface area contributed by atoms with Crippen molar-refractivity contribution in [1.82, 2.24) is 14.9 Å². The highest BCUT2D eigenvalue weighted by atomic mass is 35.5. The molecule has 0 radical (unpaired) electrons. The number of likely N-dealkylation sites (N-methyl/N-ethyl adjacent to an activating group) is 1. The predicted molar refractivity (Wildman–Crippen MR) is 110 cm³/mol. The van der Waals surface area contributed by atoms with Crippen LogP contribution in [-0.2, 0) is 4.79 Å². The number of nitrogens with one attached hydrogen (secondary N) is 1. The van der Waals surface area contributed by atoms with Crippen LogP contribution in [0.5, 0.6) is 11.5 Å². The number of ether oxygens (including phenoxy) is 2. The number of carbonyl (C=O) groups excluding carboxylic acids is 1. The van der Waals surface area contributed by atoms with E-state index in [1.807, 2.05) is 26.8 Å². The third-order valence-corrected chi connectivity index (χ3v) is 3.81. The summed E-state index contributed by atoms with van der Waals surface area (Å²) >= 11 is 6.33. The third kappa shape index (κ3) is 6.09. The Morgan fingerprint density at radius 1 is 1.21 bits per heavy atom. The van der Waals surface area contributed by atoms with Crippen LogP contribution in [0.15, 0.2) is 23.3 Å². The fraction of sp³-hybridized carbons (Fsp3) is 0.368. The van der Waals surface area contributed by atoms with Gasteiger partial charge in [-0.05, 0) is 44.5 Å². The summed E-state index contributed by atoms with van der Waals surface area (Å²) in [5.41, 5.74) is 5.18. The van der Waals surface area contributed by atoms with Crippen LogP contribution in [0.1, 0.15) is 23.9 Å². The van der Waals surface area contributed by atoms with Crippen LogP contribution in [0, 0.1) is 13.8 Å². The van der Waals surface area contributed by atoms with Crippen LogP contribution < -0.4 is 14.9 Å². The molecule has 0 atom stereocenters. The molecular weight excluding hydrogens is 382 g/mol. The summed E-state index contributed by atoms with van der Waals surface area (Å²) in [7, 11) is 3.31. The molecule has 1 amide bonds. The third-order valence-electron chi connectivity index (χ3n) is 3.53. The Bertz CT molecular complexity index is 851. The molecule has 0 saturated heterocycles. The average molecular weight is 406 g/mol. The Morgan fingerprint density at radius 2 is 1.89 bits per heavy atom. The number of rotatable bonds is 8. The molecule has 1 N–H and O–H groups in total. The van der Waals surface area contributed by atoms with Crippen LogP contribution in [0.4, 0.5) is 5.95 Å². The van der Waals surface area contributed by atoms with Gasteiger partial charge in [0.05, 0.1) is 17.8 Å². The van der Waals surface area contributed by atoms with Gasteiger partial charge >= 0.3 is 0 Å². The lowest BCUT2D eigenvalue weighted by molar-refractivity contribution is -0.130. The van der Waals surface area contributed by atoms with Crippen molar-refractivity contribution in [3.05, 3.63) is 40.2 Å². The number of nitrogens with zero attached hydrogens (tertiary/aromatic N) is 4. The van der Waals surface area contributed by atoms with Crippen molar-refractivity contribution in [2.45, 2.75) is 20.8 Å². The van der Waals surface area contributed by atoms with Crippen molar-refractivity contribution in [3.63, 3.8) is 0 Å². The molecule has 1 aromatic heterocycles. The van der Waals surface area contributed by atoms with Gasteiger partial charge in [-0.3, -0.25) is 4.79 Å². The number of carbonyl (C=O) groups is 1. The number of halogens is 1. The van der Waals surface area contributed by atoms with Crippen LogP contribution in [0.25, 0.3) is 0 Å². The summed E-state index contributed by atoms with van der Waals surface area (Å²) in [6, 6.07) is 5.29. The molecule has 0 aliphatic carbocycles. The molecule has 2 rings (SSSR count). The van der Waals surface area contributed by atoms with E-state index in [0.717, 1.165) is 11.4 Å². The standard InChI is InChI=1S/C19H24ClN5O3/c1-6-27-16-9-14(8-15(20)18(16)28-11-17(26)25(4)5)10-21-24-19-22-12(2)7-13(3)23-19/h7-10H,6,11H2,1-5H3,(H,22,23,24)/b21-10-. The first-order chi connectivity index (χ1) is 13.3. The zero-order valence-corrected chi connectivity index (χ0v) is 17.4. The SMILES string of the molecule is CCOc1cc(/C=N\Nc2nc(C)cc(C)n2)cc(Cl)c1OCC(=O)N(C)C. The first-order valence-electron chi connectivity index (χ1n) is 8.70. The van der Waals surface area contributed by atoms with Gasteiger partial charge in [-0.2, -0.15) is 5.10 Å². The van der Waals surface area contributed by atoms with Crippen molar-refractivity contribution >= 4 is 29.7 Å². The fourth-order valence-corrected chi connectivity index (χ4v) is 2.54.